The van der Waals surface area contributed by atoms with Crippen LogP contribution in [0, 0.1) is 5.92 Å². The first-order valence-electron chi connectivity index (χ1n) is 7.88. The van der Waals surface area contributed by atoms with Crippen molar-refractivity contribution in [2.75, 3.05) is 26.9 Å². The Bertz CT molecular complexity index is 513. The van der Waals surface area contributed by atoms with Crippen LogP contribution in [0.4, 0.5) is 4.79 Å². The molecule has 1 N–H and O–H groups in total. The van der Waals surface area contributed by atoms with Gasteiger partial charge in [-0.1, -0.05) is 6.07 Å². The molecule has 2 fully saturated rings. The maximum atomic E-state index is 12.5. The molecule has 1 saturated heterocycles. The van der Waals surface area contributed by atoms with Crippen LogP contribution < -0.4 is 10.1 Å². The van der Waals surface area contributed by atoms with Crippen LogP contribution in [0.3, 0.4) is 0 Å². The molecule has 0 aromatic carbocycles. The van der Waals surface area contributed by atoms with E-state index in [4.69, 9.17) is 9.47 Å². The molecule has 1 saturated carbocycles. The van der Waals surface area contributed by atoms with Gasteiger partial charge in [0.1, 0.15) is 0 Å². The highest BCUT2D eigenvalue weighted by atomic mass is 16.5. The van der Waals surface area contributed by atoms with Gasteiger partial charge in [-0.2, -0.15) is 0 Å². The summed E-state index contributed by atoms with van der Waals surface area (Å²) in [4.78, 5) is 18.6. The SMILES string of the molecule is COc1ncccc1CNC(=O)N(CC1CCOC1)C1CC1. The van der Waals surface area contributed by atoms with Gasteiger partial charge in [0.05, 0.1) is 13.7 Å². The third-order valence-electron chi connectivity index (χ3n) is 4.20. The van der Waals surface area contributed by atoms with Crippen molar-refractivity contribution < 1.29 is 14.3 Å². The molecule has 3 rings (SSSR count). The highest BCUT2D eigenvalue weighted by Crippen LogP contribution is 2.29. The molecule has 120 valence electrons. The van der Waals surface area contributed by atoms with E-state index >= 15 is 0 Å². The number of amides is 2. The molecule has 1 unspecified atom stereocenters. The molecular formula is C16H23N3O3. The van der Waals surface area contributed by atoms with Gasteiger partial charge >= 0.3 is 6.03 Å². The molecule has 1 aromatic heterocycles. The summed E-state index contributed by atoms with van der Waals surface area (Å²) in [6.07, 6.45) is 4.95. The molecule has 0 bridgehead atoms. The average Bonchev–Trinajstić information content (AvgIpc) is 3.26. The highest BCUT2D eigenvalue weighted by Gasteiger charge is 2.34. The number of nitrogens with one attached hydrogen (secondary N) is 1. The number of aromatic nitrogens is 1. The minimum Gasteiger partial charge on any atom is -0.481 e. The third kappa shape index (κ3) is 3.68. The molecular weight excluding hydrogens is 282 g/mol. The summed E-state index contributed by atoms with van der Waals surface area (Å²) in [6.45, 7) is 2.81. The Kier molecular flexibility index (Phi) is 4.77. The number of urea groups is 1. The number of ether oxygens (including phenoxy) is 2. The van der Waals surface area contributed by atoms with Gasteiger partial charge in [0.2, 0.25) is 5.88 Å². The maximum absolute atomic E-state index is 12.5. The summed E-state index contributed by atoms with van der Waals surface area (Å²) in [5.41, 5.74) is 0.887. The van der Waals surface area contributed by atoms with Crippen LogP contribution in [-0.2, 0) is 11.3 Å². The van der Waals surface area contributed by atoms with Crippen LogP contribution in [-0.4, -0.2) is 48.8 Å². The molecule has 1 aromatic rings. The van der Waals surface area contributed by atoms with Gasteiger partial charge in [0.25, 0.3) is 0 Å². The van der Waals surface area contributed by atoms with Gasteiger partial charge in [0.15, 0.2) is 0 Å². The van der Waals surface area contributed by atoms with Crippen molar-refractivity contribution in [3.8, 4) is 5.88 Å². The Morgan fingerprint density at radius 1 is 1.50 bits per heavy atom. The molecule has 6 heteroatoms. The van der Waals surface area contributed by atoms with Crippen molar-refractivity contribution in [1.82, 2.24) is 15.2 Å². The van der Waals surface area contributed by atoms with Crippen molar-refractivity contribution in [3.05, 3.63) is 23.9 Å². The zero-order valence-electron chi connectivity index (χ0n) is 13.0. The normalized spacial score (nSPS) is 20.7. The van der Waals surface area contributed by atoms with Gasteiger partial charge < -0.3 is 19.7 Å². The first-order chi connectivity index (χ1) is 10.8. The summed E-state index contributed by atoms with van der Waals surface area (Å²) < 4.78 is 10.6. The fourth-order valence-electron chi connectivity index (χ4n) is 2.80. The van der Waals surface area contributed by atoms with Gasteiger partial charge in [-0.15, -0.1) is 0 Å². The number of nitrogens with zero attached hydrogens (tertiary/aromatic N) is 2. The van der Waals surface area contributed by atoms with Crippen molar-refractivity contribution in [1.29, 1.82) is 0 Å². The minimum atomic E-state index is 0.000283. The Balaban J connectivity index is 1.56. The van der Waals surface area contributed by atoms with Crippen LogP contribution in [0.25, 0.3) is 0 Å². The molecule has 2 amide bonds. The summed E-state index contributed by atoms with van der Waals surface area (Å²) in [7, 11) is 1.59. The van der Waals surface area contributed by atoms with E-state index in [1.807, 2.05) is 17.0 Å². The second-order valence-corrected chi connectivity index (χ2v) is 5.94. The lowest BCUT2D eigenvalue weighted by Gasteiger charge is -2.25. The van der Waals surface area contributed by atoms with Crippen LogP contribution in [0.15, 0.2) is 18.3 Å². The zero-order valence-corrected chi connectivity index (χ0v) is 13.0. The standard InChI is InChI=1S/C16H23N3O3/c1-21-15-13(3-2-7-17-15)9-18-16(20)19(14-4-5-14)10-12-6-8-22-11-12/h2-3,7,12,14H,4-6,8-11H2,1H3,(H,18,20). The second-order valence-electron chi connectivity index (χ2n) is 5.94. The first kappa shape index (κ1) is 15.1. The van der Waals surface area contributed by atoms with E-state index in [2.05, 4.69) is 10.3 Å². The van der Waals surface area contributed by atoms with E-state index in [-0.39, 0.29) is 6.03 Å². The lowest BCUT2D eigenvalue weighted by atomic mass is 10.1. The van der Waals surface area contributed by atoms with Gasteiger partial charge in [0, 0.05) is 43.4 Å². The summed E-state index contributed by atoms with van der Waals surface area (Å²) >= 11 is 0. The molecule has 2 heterocycles. The predicted octanol–water partition coefficient (Wildman–Crippen LogP) is 1.80. The van der Waals surface area contributed by atoms with Gasteiger partial charge in [-0.25, -0.2) is 9.78 Å². The lowest BCUT2D eigenvalue weighted by Crippen LogP contribution is -2.43. The second kappa shape index (κ2) is 6.96. The van der Waals surface area contributed by atoms with Crippen LogP contribution >= 0.6 is 0 Å². The Hall–Kier alpha value is -1.82. The minimum absolute atomic E-state index is 0.000283. The van der Waals surface area contributed by atoms with E-state index in [1.54, 1.807) is 13.3 Å². The maximum Gasteiger partial charge on any atom is 0.317 e. The van der Waals surface area contributed by atoms with Crippen LogP contribution in [0.1, 0.15) is 24.8 Å². The number of carbonyl (C=O) groups is 1. The van der Waals surface area contributed by atoms with E-state index in [1.165, 1.54) is 0 Å². The molecule has 1 atom stereocenters. The Morgan fingerprint density at radius 3 is 3.05 bits per heavy atom. The molecule has 6 nitrogen and oxygen atoms in total. The fraction of sp³-hybridized carbons (Fsp3) is 0.625. The summed E-state index contributed by atoms with van der Waals surface area (Å²) in [5.74, 6) is 1.03. The zero-order chi connectivity index (χ0) is 15.4. The number of hydrogen-bond acceptors (Lipinski definition) is 4. The van der Waals surface area contributed by atoms with E-state index in [0.29, 0.717) is 24.4 Å². The number of pyridine rings is 1. The largest absolute Gasteiger partial charge is 0.481 e. The molecule has 0 radical (unpaired) electrons. The monoisotopic (exact) mass is 305 g/mol. The van der Waals surface area contributed by atoms with E-state index < -0.39 is 0 Å². The predicted molar refractivity (Wildman–Crippen MR) is 81.7 cm³/mol. The Morgan fingerprint density at radius 2 is 2.36 bits per heavy atom. The molecule has 1 aliphatic carbocycles. The molecule has 1 aliphatic heterocycles. The van der Waals surface area contributed by atoms with Crippen LogP contribution in [0.2, 0.25) is 0 Å². The van der Waals surface area contributed by atoms with Crippen molar-refractivity contribution in [2.45, 2.75) is 31.8 Å². The summed E-state index contributed by atoms with van der Waals surface area (Å²) in [6, 6.07) is 4.16. The number of rotatable bonds is 6. The van der Waals surface area contributed by atoms with E-state index in [0.717, 1.165) is 44.6 Å². The van der Waals surface area contributed by atoms with Crippen LogP contribution in [0.5, 0.6) is 5.88 Å². The van der Waals surface area contributed by atoms with Crippen molar-refractivity contribution in [2.24, 2.45) is 5.92 Å². The first-order valence-corrected chi connectivity index (χ1v) is 7.88. The number of hydrogen-bond donors (Lipinski definition) is 1. The fourth-order valence-corrected chi connectivity index (χ4v) is 2.80. The molecule has 22 heavy (non-hydrogen) atoms. The smallest absolute Gasteiger partial charge is 0.317 e. The molecule has 0 spiro atoms. The third-order valence-corrected chi connectivity index (χ3v) is 4.20. The van der Waals surface area contributed by atoms with Crippen molar-refractivity contribution >= 4 is 6.03 Å². The Labute approximate surface area is 130 Å². The topological polar surface area (TPSA) is 63.7 Å². The van der Waals surface area contributed by atoms with Gasteiger partial charge in [-0.05, 0) is 25.3 Å². The molecule has 2 aliphatic rings. The van der Waals surface area contributed by atoms with Gasteiger partial charge in [-0.3, -0.25) is 0 Å². The van der Waals surface area contributed by atoms with E-state index in [9.17, 15) is 4.79 Å². The number of carbonyl (C=O) groups excluding carboxylic acids is 1. The number of methoxy groups -OCH3 is 1. The summed E-state index contributed by atoms with van der Waals surface area (Å²) in [5, 5.41) is 3.00. The lowest BCUT2D eigenvalue weighted by molar-refractivity contribution is 0.162. The quantitative estimate of drug-likeness (QED) is 0.870. The highest BCUT2D eigenvalue weighted by molar-refractivity contribution is 5.75. The average molecular weight is 305 g/mol. The van der Waals surface area contributed by atoms with Crippen molar-refractivity contribution in [3.63, 3.8) is 0 Å².